The third-order valence-corrected chi connectivity index (χ3v) is 4.65. The van der Waals surface area contributed by atoms with Crippen molar-refractivity contribution in [3.8, 4) is 17.1 Å². The number of hydrogen-bond donors (Lipinski definition) is 0. The molecule has 0 aliphatic heterocycles. The number of halogens is 3. The lowest BCUT2D eigenvalue weighted by molar-refractivity contribution is -0.137. The van der Waals surface area contributed by atoms with Gasteiger partial charge >= 0.3 is 6.18 Å². The molecule has 0 bridgehead atoms. The summed E-state index contributed by atoms with van der Waals surface area (Å²) in [6.45, 7) is 0. The number of benzene rings is 3. The number of para-hydroxylation sites is 2. The molecule has 0 unspecified atom stereocenters. The molecule has 156 valence electrons. The van der Waals surface area contributed by atoms with Crippen molar-refractivity contribution in [2.24, 2.45) is 5.10 Å². The summed E-state index contributed by atoms with van der Waals surface area (Å²) < 4.78 is 46.0. The van der Waals surface area contributed by atoms with Gasteiger partial charge in [-0.25, -0.2) is 4.98 Å². The molecule has 0 spiro atoms. The van der Waals surface area contributed by atoms with Crippen molar-refractivity contribution < 1.29 is 17.9 Å². The first-order valence-corrected chi connectivity index (χ1v) is 9.25. The average Bonchev–Trinajstić information content (AvgIpc) is 2.78. The molecule has 0 aliphatic rings. The molecule has 8 heteroatoms. The Kier molecular flexibility index (Phi) is 5.29. The quantitative estimate of drug-likeness (QED) is 0.436. The molecule has 0 fully saturated rings. The smallest absolute Gasteiger partial charge is 0.416 e. The number of nitrogens with zero attached hydrogens (tertiary/aromatic N) is 3. The molecule has 0 amide bonds. The van der Waals surface area contributed by atoms with Crippen molar-refractivity contribution in [1.82, 2.24) is 9.66 Å². The van der Waals surface area contributed by atoms with E-state index in [0.29, 0.717) is 22.2 Å². The van der Waals surface area contributed by atoms with E-state index in [1.165, 1.54) is 25.5 Å². The molecule has 31 heavy (non-hydrogen) atoms. The third kappa shape index (κ3) is 4.05. The molecule has 1 aromatic heterocycles. The van der Waals surface area contributed by atoms with Crippen LogP contribution in [0.2, 0.25) is 0 Å². The van der Waals surface area contributed by atoms with Gasteiger partial charge in [-0.1, -0.05) is 36.4 Å². The number of alkyl halides is 3. The second-order valence-corrected chi connectivity index (χ2v) is 6.63. The number of methoxy groups -OCH3 is 1. The van der Waals surface area contributed by atoms with E-state index in [1.54, 1.807) is 48.5 Å². The number of ether oxygens (including phenoxy) is 1. The van der Waals surface area contributed by atoms with Crippen LogP contribution in [0.3, 0.4) is 0 Å². The molecule has 1 heterocycles. The van der Waals surface area contributed by atoms with Crippen molar-refractivity contribution in [2.75, 3.05) is 7.11 Å². The molecule has 0 radical (unpaired) electrons. The molecule has 4 rings (SSSR count). The number of hydrogen-bond acceptors (Lipinski definition) is 4. The minimum atomic E-state index is -4.53. The maximum Gasteiger partial charge on any atom is 0.416 e. The minimum Gasteiger partial charge on any atom is -0.496 e. The van der Waals surface area contributed by atoms with Gasteiger partial charge in [0, 0.05) is 11.1 Å². The maximum absolute atomic E-state index is 13.2. The second kappa shape index (κ2) is 8.06. The number of aromatic nitrogens is 2. The summed E-state index contributed by atoms with van der Waals surface area (Å²) in [5.41, 5.74) is -0.254. The SMILES string of the molecule is COc1ccccc1C=Nn1c(-c2cccc(C(F)(F)F)c2)nc2ccccc2c1=O. The predicted molar refractivity (Wildman–Crippen MR) is 112 cm³/mol. The average molecular weight is 423 g/mol. The highest BCUT2D eigenvalue weighted by molar-refractivity contribution is 5.84. The van der Waals surface area contributed by atoms with Crippen molar-refractivity contribution in [2.45, 2.75) is 6.18 Å². The monoisotopic (exact) mass is 423 g/mol. The highest BCUT2D eigenvalue weighted by atomic mass is 19.4. The predicted octanol–water partition coefficient (Wildman–Crippen LogP) is 4.97. The van der Waals surface area contributed by atoms with Gasteiger partial charge in [-0.15, -0.1) is 0 Å². The van der Waals surface area contributed by atoms with E-state index in [9.17, 15) is 18.0 Å². The Hall–Kier alpha value is -3.94. The van der Waals surface area contributed by atoms with E-state index in [2.05, 4.69) is 10.1 Å². The lowest BCUT2D eigenvalue weighted by Gasteiger charge is -2.12. The summed E-state index contributed by atoms with van der Waals surface area (Å²) in [5, 5.41) is 4.56. The number of fused-ring (bicyclic) bond motifs is 1. The zero-order valence-electron chi connectivity index (χ0n) is 16.3. The highest BCUT2D eigenvalue weighted by Gasteiger charge is 2.30. The molecule has 3 aromatic carbocycles. The van der Waals surface area contributed by atoms with Crippen LogP contribution in [0, 0.1) is 0 Å². The Balaban J connectivity index is 1.95. The molecule has 4 aromatic rings. The second-order valence-electron chi connectivity index (χ2n) is 6.63. The summed E-state index contributed by atoms with van der Waals surface area (Å²) in [7, 11) is 1.50. The summed E-state index contributed by atoms with van der Waals surface area (Å²) >= 11 is 0. The Morgan fingerprint density at radius 1 is 1.00 bits per heavy atom. The minimum absolute atomic E-state index is 0.000878. The Labute approximate surface area is 175 Å². The lowest BCUT2D eigenvalue weighted by atomic mass is 10.1. The zero-order chi connectivity index (χ0) is 22.0. The first-order valence-electron chi connectivity index (χ1n) is 9.25. The lowest BCUT2D eigenvalue weighted by Crippen LogP contribution is -2.20. The third-order valence-electron chi connectivity index (χ3n) is 4.65. The summed E-state index contributed by atoms with van der Waals surface area (Å²) in [6, 6.07) is 18.3. The summed E-state index contributed by atoms with van der Waals surface area (Å²) in [4.78, 5) is 17.6. The fourth-order valence-corrected chi connectivity index (χ4v) is 3.15. The van der Waals surface area contributed by atoms with Gasteiger partial charge in [0.15, 0.2) is 5.82 Å². The highest BCUT2D eigenvalue weighted by Crippen LogP contribution is 2.32. The molecule has 0 saturated carbocycles. The van der Waals surface area contributed by atoms with E-state index in [-0.39, 0.29) is 11.4 Å². The van der Waals surface area contributed by atoms with E-state index < -0.39 is 17.3 Å². The molecule has 0 N–H and O–H groups in total. The van der Waals surface area contributed by atoms with Gasteiger partial charge in [0.2, 0.25) is 0 Å². The van der Waals surface area contributed by atoms with Crippen LogP contribution in [0.15, 0.2) is 82.7 Å². The maximum atomic E-state index is 13.2. The van der Waals surface area contributed by atoms with Crippen molar-refractivity contribution >= 4 is 17.1 Å². The zero-order valence-corrected chi connectivity index (χ0v) is 16.3. The standard InChI is InChI=1S/C23H16F3N3O2/c1-31-20-12-5-2-7-16(20)14-27-29-21(15-8-6-9-17(13-15)23(24,25)26)28-19-11-4-3-10-18(19)22(29)30/h2-14H,1H3. The molecular formula is C23H16F3N3O2. The van der Waals surface area contributed by atoms with Crippen LogP contribution in [0.1, 0.15) is 11.1 Å². The van der Waals surface area contributed by atoms with Crippen LogP contribution in [-0.4, -0.2) is 23.0 Å². The van der Waals surface area contributed by atoms with E-state index in [0.717, 1.165) is 16.8 Å². The molecule has 0 atom stereocenters. The van der Waals surface area contributed by atoms with Crippen LogP contribution in [0.5, 0.6) is 5.75 Å². The normalized spacial score (nSPS) is 11.9. The van der Waals surface area contributed by atoms with Gasteiger partial charge < -0.3 is 4.74 Å². The Morgan fingerprint density at radius 3 is 2.52 bits per heavy atom. The van der Waals surface area contributed by atoms with Crippen molar-refractivity contribution in [3.05, 3.63) is 94.3 Å². The van der Waals surface area contributed by atoms with E-state index >= 15 is 0 Å². The molecule has 5 nitrogen and oxygen atoms in total. The van der Waals surface area contributed by atoms with E-state index in [4.69, 9.17) is 4.74 Å². The van der Waals surface area contributed by atoms with Crippen molar-refractivity contribution in [3.63, 3.8) is 0 Å². The molecule has 0 aliphatic carbocycles. The Bertz CT molecular complexity index is 1340. The van der Waals surface area contributed by atoms with Gasteiger partial charge in [-0.2, -0.15) is 22.9 Å². The van der Waals surface area contributed by atoms with Crippen LogP contribution in [-0.2, 0) is 6.18 Å². The largest absolute Gasteiger partial charge is 0.496 e. The van der Waals surface area contributed by atoms with E-state index in [1.807, 2.05) is 0 Å². The van der Waals surface area contributed by atoms with Gasteiger partial charge in [0.1, 0.15) is 5.75 Å². The first-order chi connectivity index (χ1) is 14.9. The Morgan fingerprint density at radius 2 is 1.74 bits per heavy atom. The fourth-order valence-electron chi connectivity index (χ4n) is 3.15. The topological polar surface area (TPSA) is 56.5 Å². The molecular weight excluding hydrogens is 407 g/mol. The first kappa shape index (κ1) is 20.3. The van der Waals surface area contributed by atoms with Gasteiger partial charge in [-0.05, 0) is 36.4 Å². The van der Waals surface area contributed by atoms with Crippen LogP contribution < -0.4 is 10.3 Å². The van der Waals surface area contributed by atoms with Crippen LogP contribution in [0.25, 0.3) is 22.3 Å². The summed E-state index contributed by atoms with van der Waals surface area (Å²) in [5.74, 6) is 0.537. The summed E-state index contributed by atoms with van der Waals surface area (Å²) in [6.07, 6.45) is -3.12. The van der Waals surface area contributed by atoms with Gasteiger partial charge in [0.05, 0.1) is 29.8 Å². The van der Waals surface area contributed by atoms with Gasteiger partial charge in [-0.3, -0.25) is 4.79 Å². The van der Waals surface area contributed by atoms with Crippen molar-refractivity contribution in [1.29, 1.82) is 0 Å². The van der Waals surface area contributed by atoms with Crippen LogP contribution >= 0.6 is 0 Å². The van der Waals surface area contributed by atoms with Gasteiger partial charge in [0.25, 0.3) is 5.56 Å². The molecule has 0 saturated heterocycles. The fraction of sp³-hybridized carbons (Fsp3) is 0.0870. The van der Waals surface area contributed by atoms with Crippen LogP contribution in [0.4, 0.5) is 13.2 Å². The number of rotatable bonds is 4.